The van der Waals surface area contributed by atoms with E-state index in [1.54, 1.807) is 6.07 Å². The van der Waals surface area contributed by atoms with Gasteiger partial charge in [0, 0.05) is 12.1 Å². The maximum atomic E-state index is 12.9. The van der Waals surface area contributed by atoms with E-state index in [1.807, 2.05) is 0 Å². The highest BCUT2D eigenvalue weighted by Crippen LogP contribution is 2.16. The van der Waals surface area contributed by atoms with E-state index in [0.29, 0.717) is 6.07 Å². The van der Waals surface area contributed by atoms with Crippen molar-refractivity contribution in [3.05, 3.63) is 41.5 Å². The molecule has 0 aromatic heterocycles. The Morgan fingerprint density at radius 2 is 1.94 bits per heavy atom. The number of rotatable bonds is 2. The quantitative estimate of drug-likeness (QED) is 0.438. The Kier molecular flexibility index (Phi) is 3.72. The van der Waals surface area contributed by atoms with Crippen molar-refractivity contribution in [3.63, 3.8) is 0 Å². The number of hydrogen-bond donors (Lipinski definition) is 0. The van der Waals surface area contributed by atoms with Gasteiger partial charge < -0.3 is 4.74 Å². The van der Waals surface area contributed by atoms with E-state index in [-0.39, 0.29) is 11.1 Å². The van der Waals surface area contributed by atoms with E-state index in [4.69, 9.17) is 5.26 Å². The molecule has 1 aromatic rings. The molecule has 0 bridgehead atoms. The number of benzene rings is 1. The summed E-state index contributed by atoms with van der Waals surface area (Å²) < 4.78 is 30.0. The zero-order valence-electron chi connectivity index (χ0n) is 8.33. The molecule has 0 fully saturated rings. The Morgan fingerprint density at radius 3 is 2.38 bits per heavy atom. The van der Waals surface area contributed by atoms with Crippen LogP contribution in [0.4, 0.5) is 8.78 Å². The van der Waals surface area contributed by atoms with Gasteiger partial charge in [-0.1, -0.05) is 0 Å². The molecular formula is C11H7F2NO2. The molecule has 0 aliphatic heterocycles. The highest BCUT2D eigenvalue weighted by atomic mass is 19.1. The largest absolute Gasteiger partial charge is 0.466 e. The lowest BCUT2D eigenvalue weighted by molar-refractivity contribution is -0.134. The number of carbonyl (C=O) groups is 1. The minimum atomic E-state index is -0.819. The third-order valence-electron chi connectivity index (χ3n) is 1.76. The van der Waals surface area contributed by atoms with Gasteiger partial charge in [0.15, 0.2) is 0 Å². The SMILES string of the molecule is COC(=O)/C=C(\C#N)c1cc(F)cc(F)c1. The van der Waals surface area contributed by atoms with E-state index >= 15 is 0 Å². The molecule has 0 N–H and O–H groups in total. The summed E-state index contributed by atoms with van der Waals surface area (Å²) in [6, 6.07) is 4.26. The summed E-state index contributed by atoms with van der Waals surface area (Å²) in [7, 11) is 1.14. The predicted octanol–water partition coefficient (Wildman–Crippen LogP) is 2.04. The number of halogens is 2. The highest BCUT2D eigenvalue weighted by Gasteiger charge is 2.07. The summed E-state index contributed by atoms with van der Waals surface area (Å²) in [5, 5.41) is 8.73. The average molecular weight is 223 g/mol. The summed E-state index contributed by atoms with van der Waals surface area (Å²) in [6.45, 7) is 0. The molecule has 1 rings (SSSR count). The molecule has 82 valence electrons. The Balaban J connectivity index is 3.20. The molecule has 3 nitrogen and oxygen atoms in total. The van der Waals surface area contributed by atoms with Crippen molar-refractivity contribution in [2.75, 3.05) is 7.11 Å². The minimum absolute atomic E-state index is 0.00889. The van der Waals surface area contributed by atoms with Gasteiger partial charge in [0.1, 0.15) is 17.7 Å². The van der Waals surface area contributed by atoms with Gasteiger partial charge in [0.2, 0.25) is 0 Å². The first-order chi connectivity index (χ1) is 7.56. The molecule has 5 heteroatoms. The van der Waals surface area contributed by atoms with Crippen LogP contribution in [-0.4, -0.2) is 13.1 Å². The fraction of sp³-hybridized carbons (Fsp3) is 0.0909. The molecular weight excluding hydrogens is 216 g/mol. The van der Waals surface area contributed by atoms with Crippen LogP contribution in [0.5, 0.6) is 0 Å². The van der Waals surface area contributed by atoms with Crippen LogP contribution in [-0.2, 0) is 9.53 Å². The van der Waals surface area contributed by atoms with Gasteiger partial charge in [0.05, 0.1) is 12.7 Å². The van der Waals surface area contributed by atoms with Gasteiger partial charge >= 0.3 is 5.97 Å². The van der Waals surface area contributed by atoms with Gasteiger partial charge in [0.25, 0.3) is 0 Å². The van der Waals surface area contributed by atoms with Crippen LogP contribution < -0.4 is 0 Å². The number of esters is 1. The lowest BCUT2D eigenvalue weighted by atomic mass is 10.1. The zero-order chi connectivity index (χ0) is 12.1. The molecule has 0 heterocycles. The number of ether oxygens (including phenoxy) is 1. The second kappa shape index (κ2) is 5.03. The second-order valence-corrected chi connectivity index (χ2v) is 2.85. The molecule has 0 radical (unpaired) electrons. The first kappa shape index (κ1) is 11.9. The molecule has 0 unspecified atom stereocenters. The van der Waals surface area contributed by atoms with Crippen molar-refractivity contribution >= 4 is 11.5 Å². The van der Waals surface area contributed by atoms with Gasteiger partial charge in [-0.25, -0.2) is 13.6 Å². The van der Waals surface area contributed by atoms with Crippen molar-refractivity contribution in [2.24, 2.45) is 0 Å². The van der Waals surface area contributed by atoms with Crippen LogP contribution in [0.15, 0.2) is 24.3 Å². The molecule has 0 atom stereocenters. The number of nitriles is 1. The molecule has 16 heavy (non-hydrogen) atoms. The number of nitrogens with zero attached hydrogens (tertiary/aromatic N) is 1. The lowest BCUT2D eigenvalue weighted by Crippen LogP contribution is -1.97. The van der Waals surface area contributed by atoms with Crippen LogP contribution in [0, 0.1) is 23.0 Å². The van der Waals surface area contributed by atoms with E-state index in [1.165, 1.54) is 0 Å². The number of hydrogen-bond acceptors (Lipinski definition) is 3. The van der Waals surface area contributed by atoms with Crippen LogP contribution in [0.1, 0.15) is 5.56 Å². The molecule has 0 saturated carbocycles. The standard InChI is InChI=1S/C11H7F2NO2/c1-16-11(15)4-8(6-14)7-2-9(12)5-10(13)3-7/h2-5H,1H3/b8-4+. The van der Waals surface area contributed by atoms with Crippen LogP contribution >= 0.6 is 0 Å². The number of carbonyl (C=O) groups excluding carboxylic acids is 1. The van der Waals surface area contributed by atoms with Crippen LogP contribution in [0.25, 0.3) is 5.57 Å². The Hall–Kier alpha value is -2.22. The molecule has 0 aliphatic rings. The van der Waals surface area contributed by atoms with Crippen molar-refractivity contribution in [3.8, 4) is 6.07 Å². The Bertz CT molecular complexity index is 469. The second-order valence-electron chi connectivity index (χ2n) is 2.85. The summed E-state index contributed by atoms with van der Waals surface area (Å²) in [6.07, 6.45) is 0.869. The Morgan fingerprint density at radius 1 is 1.38 bits per heavy atom. The third kappa shape index (κ3) is 2.89. The Labute approximate surface area is 90.6 Å². The lowest BCUT2D eigenvalue weighted by Gasteiger charge is -1.99. The van der Waals surface area contributed by atoms with Gasteiger partial charge in [-0.05, 0) is 17.7 Å². The maximum absolute atomic E-state index is 12.9. The fourth-order valence-electron chi connectivity index (χ4n) is 1.07. The topological polar surface area (TPSA) is 50.1 Å². The van der Waals surface area contributed by atoms with Crippen molar-refractivity contribution < 1.29 is 18.3 Å². The number of methoxy groups -OCH3 is 1. The third-order valence-corrected chi connectivity index (χ3v) is 1.76. The molecule has 0 amide bonds. The highest BCUT2D eigenvalue weighted by molar-refractivity contribution is 5.95. The number of allylic oxidation sites excluding steroid dienone is 1. The average Bonchev–Trinajstić information content (AvgIpc) is 2.24. The maximum Gasteiger partial charge on any atom is 0.331 e. The van der Waals surface area contributed by atoms with E-state index in [0.717, 1.165) is 25.3 Å². The van der Waals surface area contributed by atoms with Crippen molar-refractivity contribution in [2.45, 2.75) is 0 Å². The van der Waals surface area contributed by atoms with Crippen LogP contribution in [0.3, 0.4) is 0 Å². The summed E-state index contributed by atoms with van der Waals surface area (Å²) in [4.78, 5) is 10.9. The van der Waals surface area contributed by atoms with Gasteiger partial charge in [-0.3, -0.25) is 0 Å². The first-order valence-corrected chi connectivity index (χ1v) is 4.23. The zero-order valence-corrected chi connectivity index (χ0v) is 8.33. The first-order valence-electron chi connectivity index (χ1n) is 4.23. The van der Waals surface area contributed by atoms with E-state index in [9.17, 15) is 13.6 Å². The predicted molar refractivity (Wildman–Crippen MR) is 52.0 cm³/mol. The van der Waals surface area contributed by atoms with Gasteiger partial charge in [-0.2, -0.15) is 5.26 Å². The smallest absolute Gasteiger partial charge is 0.331 e. The summed E-state index contributed by atoms with van der Waals surface area (Å²) >= 11 is 0. The monoisotopic (exact) mass is 223 g/mol. The molecule has 0 aliphatic carbocycles. The molecule has 1 aromatic carbocycles. The molecule has 0 saturated heterocycles. The van der Waals surface area contributed by atoms with Crippen molar-refractivity contribution in [1.29, 1.82) is 5.26 Å². The molecule has 0 spiro atoms. The van der Waals surface area contributed by atoms with Crippen molar-refractivity contribution in [1.82, 2.24) is 0 Å². The minimum Gasteiger partial charge on any atom is -0.466 e. The van der Waals surface area contributed by atoms with Crippen LogP contribution in [0.2, 0.25) is 0 Å². The van der Waals surface area contributed by atoms with E-state index in [2.05, 4.69) is 4.74 Å². The van der Waals surface area contributed by atoms with Gasteiger partial charge in [-0.15, -0.1) is 0 Å². The summed E-state index contributed by atoms with van der Waals surface area (Å²) in [5.74, 6) is -2.40. The normalized spacial score (nSPS) is 10.8. The fourth-order valence-corrected chi connectivity index (χ4v) is 1.07. The van der Waals surface area contributed by atoms with E-state index < -0.39 is 17.6 Å². The summed E-state index contributed by atoms with van der Waals surface area (Å²) in [5.41, 5.74) is -0.171.